The summed E-state index contributed by atoms with van der Waals surface area (Å²) in [5.74, 6) is 1.38. The van der Waals surface area contributed by atoms with Crippen molar-refractivity contribution in [3.05, 3.63) is 59.4 Å². The number of fused-ring (bicyclic) bond motifs is 1. The van der Waals surface area contributed by atoms with Crippen molar-refractivity contribution in [3.63, 3.8) is 0 Å². The Morgan fingerprint density at radius 1 is 1.11 bits per heavy atom. The van der Waals surface area contributed by atoms with E-state index in [4.69, 9.17) is 10.5 Å². The molecule has 1 heterocycles. The van der Waals surface area contributed by atoms with Crippen LogP contribution in [0.1, 0.15) is 57.1 Å². The molecule has 4 heteroatoms. The fourth-order valence-corrected chi connectivity index (χ4v) is 3.20. The Bertz CT molecular complexity index is 838. The van der Waals surface area contributed by atoms with Gasteiger partial charge in [0.25, 0.3) is 5.91 Å². The minimum atomic E-state index is -0.114. The highest BCUT2D eigenvalue weighted by atomic mass is 16.5. The molecule has 1 aliphatic rings. The second kappa shape index (κ2) is 8.30. The van der Waals surface area contributed by atoms with Gasteiger partial charge in [-0.05, 0) is 47.7 Å². The maximum absolute atomic E-state index is 13.1. The molecule has 142 valence electrons. The monoisotopic (exact) mass is 364 g/mol. The molecule has 0 fully saturated rings. The van der Waals surface area contributed by atoms with E-state index in [9.17, 15) is 4.79 Å². The number of unbranched alkanes of at least 4 members (excludes halogenated alkanes) is 2. The van der Waals surface area contributed by atoms with Gasteiger partial charge in [0, 0.05) is 12.2 Å². The van der Waals surface area contributed by atoms with E-state index in [0.29, 0.717) is 29.7 Å². The summed E-state index contributed by atoms with van der Waals surface area (Å²) in [4.78, 5) is 14.9. The first-order chi connectivity index (χ1) is 13.0. The molecular formula is C23H28N2O2. The van der Waals surface area contributed by atoms with Crippen molar-refractivity contribution in [1.82, 2.24) is 0 Å². The van der Waals surface area contributed by atoms with Crippen molar-refractivity contribution in [2.75, 3.05) is 17.2 Å². The molecule has 2 aromatic rings. The molecule has 0 unspecified atom stereocenters. The van der Waals surface area contributed by atoms with Gasteiger partial charge in [0.05, 0.1) is 5.69 Å². The fraction of sp³-hybridized carbons (Fsp3) is 0.348. The van der Waals surface area contributed by atoms with E-state index in [2.05, 4.69) is 32.9 Å². The van der Waals surface area contributed by atoms with Crippen molar-refractivity contribution in [2.24, 2.45) is 0 Å². The molecule has 0 saturated heterocycles. The van der Waals surface area contributed by atoms with E-state index in [-0.39, 0.29) is 5.91 Å². The molecule has 27 heavy (non-hydrogen) atoms. The molecule has 2 N–H and O–H groups in total. The topological polar surface area (TPSA) is 55.6 Å². The van der Waals surface area contributed by atoms with Crippen molar-refractivity contribution in [1.29, 1.82) is 0 Å². The third kappa shape index (κ3) is 4.33. The summed E-state index contributed by atoms with van der Waals surface area (Å²) >= 11 is 0. The number of hydrogen-bond acceptors (Lipinski definition) is 3. The minimum Gasteiger partial charge on any atom is -0.449 e. The Morgan fingerprint density at radius 3 is 2.52 bits per heavy atom. The SMILES string of the molecule is CCCCCN1C(=O)/C(=C\c2ccc(C(C)C)cc2)Oc2ccc(N)cc21. The average Bonchev–Trinajstić information content (AvgIpc) is 2.65. The van der Waals surface area contributed by atoms with Gasteiger partial charge in [0.1, 0.15) is 0 Å². The normalized spacial score (nSPS) is 15.2. The van der Waals surface area contributed by atoms with Crippen LogP contribution in [0.2, 0.25) is 0 Å². The molecule has 0 spiro atoms. The number of nitrogens with zero attached hydrogens (tertiary/aromatic N) is 1. The Labute approximate surface area is 161 Å². The standard InChI is InChI=1S/C23H28N2O2/c1-4-5-6-13-25-20-15-19(24)11-12-21(20)27-22(23(25)26)14-17-7-9-18(10-8-17)16(2)3/h7-12,14-16H,4-6,13,24H2,1-3H3/b22-14+. The highest BCUT2D eigenvalue weighted by Crippen LogP contribution is 2.37. The molecule has 0 aromatic heterocycles. The number of rotatable bonds is 6. The summed E-state index contributed by atoms with van der Waals surface area (Å²) < 4.78 is 5.93. The lowest BCUT2D eigenvalue weighted by Gasteiger charge is -2.31. The van der Waals surface area contributed by atoms with Crippen LogP contribution in [-0.2, 0) is 4.79 Å². The van der Waals surface area contributed by atoms with Crippen LogP contribution in [0, 0.1) is 0 Å². The summed E-state index contributed by atoms with van der Waals surface area (Å²) in [6.45, 7) is 7.14. The lowest BCUT2D eigenvalue weighted by atomic mass is 10.0. The van der Waals surface area contributed by atoms with Gasteiger partial charge in [-0.2, -0.15) is 0 Å². The first-order valence-electron chi connectivity index (χ1n) is 9.70. The lowest BCUT2D eigenvalue weighted by molar-refractivity contribution is -0.117. The van der Waals surface area contributed by atoms with Crippen molar-refractivity contribution >= 4 is 23.4 Å². The Morgan fingerprint density at radius 2 is 1.85 bits per heavy atom. The van der Waals surface area contributed by atoms with Crippen molar-refractivity contribution < 1.29 is 9.53 Å². The molecule has 0 aliphatic carbocycles. The highest BCUT2D eigenvalue weighted by molar-refractivity contribution is 6.10. The Hall–Kier alpha value is -2.75. The summed E-state index contributed by atoms with van der Waals surface area (Å²) in [6.07, 6.45) is 4.95. The van der Waals surface area contributed by atoms with Crippen LogP contribution in [-0.4, -0.2) is 12.5 Å². The highest BCUT2D eigenvalue weighted by Gasteiger charge is 2.30. The predicted molar refractivity (Wildman–Crippen MR) is 112 cm³/mol. The van der Waals surface area contributed by atoms with Crippen LogP contribution in [0.3, 0.4) is 0 Å². The number of carbonyl (C=O) groups excluding carboxylic acids is 1. The molecule has 2 aromatic carbocycles. The van der Waals surface area contributed by atoms with E-state index in [1.165, 1.54) is 5.56 Å². The molecule has 0 saturated carbocycles. The van der Waals surface area contributed by atoms with E-state index in [1.807, 2.05) is 30.3 Å². The summed E-state index contributed by atoms with van der Waals surface area (Å²) in [5, 5.41) is 0. The Balaban J connectivity index is 1.92. The van der Waals surface area contributed by atoms with E-state index in [1.54, 1.807) is 11.0 Å². The largest absolute Gasteiger partial charge is 0.449 e. The third-order valence-corrected chi connectivity index (χ3v) is 4.84. The smallest absolute Gasteiger partial charge is 0.294 e. The first kappa shape index (κ1) is 19.0. The molecule has 1 aliphatic heterocycles. The van der Waals surface area contributed by atoms with E-state index >= 15 is 0 Å². The number of anilines is 2. The molecule has 1 amide bonds. The van der Waals surface area contributed by atoms with Crippen LogP contribution in [0.25, 0.3) is 6.08 Å². The number of ether oxygens (including phenoxy) is 1. The third-order valence-electron chi connectivity index (χ3n) is 4.84. The molecule has 3 rings (SSSR count). The first-order valence-corrected chi connectivity index (χ1v) is 9.70. The number of nitrogens with two attached hydrogens (primary N) is 1. The van der Waals surface area contributed by atoms with Gasteiger partial charge in [-0.25, -0.2) is 0 Å². The average molecular weight is 364 g/mol. The number of benzene rings is 2. The van der Waals surface area contributed by atoms with Crippen LogP contribution in [0.4, 0.5) is 11.4 Å². The maximum Gasteiger partial charge on any atom is 0.294 e. The molecule has 0 atom stereocenters. The second-order valence-electron chi connectivity index (χ2n) is 7.32. The zero-order valence-electron chi connectivity index (χ0n) is 16.4. The number of carbonyl (C=O) groups is 1. The maximum atomic E-state index is 13.1. The zero-order valence-corrected chi connectivity index (χ0v) is 16.4. The van der Waals surface area contributed by atoms with Gasteiger partial charge in [-0.15, -0.1) is 0 Å². The fourth-order valence-electron chi connectivity index (χ4n) is 3.20. The van der Waals surface area contributed by atoms with Gasteiger partial charge in [-0.3, -0.25) is 4.79 Å². The van der Waals surface area contributed by atoms with Gasteiger partial charge in [-0.1, -0.05) is 57.9 Å². The van der Waals surface area contributed by atoms with Gasteiger partial charge in [0.15, 0.2) is 11.5 Å². The number of hydrogen-bond donors (Lipinski definition) is 1. The van der Waals surface area contributed by atoms with Gasteiger partial charge >= 0.3 is 0 Å². The summed E-state index contributed by atoms with van der Waals surface area (Å²) in [5.41, 5.74) is 9.54. The molecule has 0 radical (unpaired) electrons. The minimum absolute atomic E-state index is 0.114. The number of nitrogen functional groups attached to an aromatic ring is 1. The molecule has 0 bridgehead atoms. The molecule has 4 nitrogen and oxygen atoms in total. The van der Waals surface area contributed by atoms with Crippen LogP contribution in [0.15, 0.2) is 48.2 Å². The van der Waals surface area contributed by atoms with E-state index in [0.717, 1.165) is 30.5 Å². The lowest BCUT2D eigenvalue weighted by Crippen LogP contribution is -2.38. The van der Waals surface area contributed by atoms with Crippen molar-refractivity contribution in [2.45, 2.75) is 46.0 Å². The molecular weight excluding hydrogens is 336 g/mol. The van der Waals surface area contributed by atoms with Crippen molar-refractivity contribution in [3.8, 4) is 5.75 Å². The van der Waals surface area contributed by atoms with Crippen LogP contribution in [0.5, 0.6) is 5.75 Å². The quantitative estimate of drug-likeness (QED) is 0.427. The van der Waals surface area contributed by atoms with Gasteiger partial charge in [0.2, 0.25) is 0 Å². The predicted octanol–water partition coefficient (Wildman–Crippen LogP) is 5.35. The van der Waals surface area contributed by atoms with E-state index < -0.39 is 0 Å². The zero-order chi connectivity index (χ0) is 19.4. The number of amides is 1. The second-order valence-corrected chi connectivity index (χ2v) is 7.32. The van der Waals surface area contributed by atoms with Crippen LogP contribution >= 0.6 is 0 Å². The summed E-state index contributed by atoms with van der Waals surface area (Å²) in [7, 11) is 0. The Kier molecular flexibility index (Phi) is 5.84. The van der Waals surface area contributed by atoms with Crippen LogP contribution < -0.4 is 15.4 Å². The van der Waals surface area contributed by atoms with Gasteiger partial charge < -0.3 is 15.4 Å². The summed E-state index contributed by atoms with van der Waals surface area (Å²) in [6, 6.07) is 13.7.